The molecular formula is C14H18N2O3S2. The fourth-order valence-corrected chi connectivity index (χ4v) is 3.53. The Bertz CT molecular complexity index is 534. The van der Waals surface area contributed by atoms with Gasteiger partial charge in [-0.3, -0.25) is 9.59 Å². The Kier molecular flexibility index (Phi) is 4.85. The Morgan fingerprint density at radius 2 is 1.52 bits per heavy atom. The molecule has 2 amide bonds. The van der Waals surface area contributed by atoms with Crippen LogP contribution in [0.15, 0.2) is 30.3 Å². The molecule has 5 nitrogen and oxygen atoms in total. The van der Waals surface area contributed by atoms with E-state index in [1.807, 2.05) is 30.3 Å². The number of benzene rings is 1. The minimum atomic E-state index is -1.30. The van der Waals surface area contributed by atoms with Crippen molar-refractivity contribution in [1.29, 1.82) is 0 Å². The molecule has 3 N–H and O–H groups in total. The molecule has 2 unspecified atom stereocenters. The molecule has 7 heteroatoms. The number of aliphatic hydroxyl groups is 1. The minimum Gasteiger partial charge on any atom is -0.392 e. The van der Waals surface area contributed by atoms with Gasteiger partial charge in [0, 0.05) is 6.42 Å². The van der Waals surface area contributed by atoms with Crippen molar-refractivity contribution in [3.05, 3.63) is 35.9 Å². The van der Waals surface area contributed by atoms with Gasteiger partial charge in [0.25, 0.3) is 11.8 Å². The summed E-state index contributed by atoms with van der Waals surface area (Å²) in [6.45, 7) is -0.443. The average molecular weight is 326 g/mol. The summed E-state index contributed by atoms with van der Waals surface area (Å²) in [6.07, 6.45) is 3.86. The summed E-state index contributed by atoms with van der Waals surface area (Å²) < 4.78 is 0. The standard InChI is InChI=1S/C14H18N2O3S2/c1-20-13(8-10-6-4-3-5-7-10)11(18)16-14(9-17,21-2)12(19)15-13/h3-7,17H,8-9H2,1-2H3,(H,15,19)(H,16,18). The van der Waals surface area contributed by atoms with Crippen LogP contribution in [-0.4, -0.2) is 45.8 Å². The van der Waals surface area contributed by atoms with Crippen LogP contribution < -0.4 is 10.6 Å². The number of carbonyl (C=O) groups is 2. The quantitative estimate of drug-likeness (QED) is 0.738. The van der Waals surface area contributed by atoms with Crippen molar-refractivity contribution in [1.82, 2.24) is 10.6 Å². The zero-order valence-corrected chi connectivity index (χ0v) is 13.5. The second-order valence-corrected chi connectivity index (χ2v) is 7.00. The average Bonchev–Trinajstić information content (AvgIpc) is 2.51. The third kappa shape index (κ3) is 2.90. The first kappa shape index (κ1) is 16.2. The summed E-state index contributed by atoms with van der Waals surface area (Å²) in [7, 11) is 0. The maximum Gasteiger partial charge on any atom is 0.260 e. The Balaban J connectivity index is 2.29. The lowest BCUT2D eigenvalue weighted by molar-refractivity contribution is -0.140. The van der Waals surface area contributed by atoms with E-state index in [0.717, 1.165) is 17.3 Å². The fraction of sp³-hybridized carbons (Fsp3) is 0.429. The topological polar surface area (TPSA) is 78.4 Å². The number of hydrogen-bond acceptors (Lipinski definition) is 5. The van der Waals surface area contributed by atoms with Crippen molar-refractivity contribution in [3.8, 4) is 0 Å². The third-order valence-electron chi connectivity index (χ3n) is 3.58. The van der Waals surface area contributed by atoms with Gasteiger partial charge in [-0.2, -0.15) is 0 Å². The number of rotatable bonds is 5. The van der Waals surface area contributed by atoms with E-state index in [2.05, 4.69) is 10.6 Å². The smallest absolute Gasteiger partial charge is 0.260 e. The lowest BCUT2D eigenvalue weighted by Crippen LogP contribution is -2.74. The van der Waals surface area contributed by atoms with Gasteiger partial charge < -0.3 is 15.7 Å². The molecule has 1 aromatic carbocycles. The van der Waals surface area contributed by atoms with E-state index in [9.17, 15) is 14.7 Å². The Morgan fingerprint density at radius 1 is 1.00 bits per heavy atom. The lowest BCUT2D eigenvalue weighted by atomic mass is 10.0. The van der Waals surface area contributed by atoms with E-state index < -0.39 is 16.3 Å². The SMILES string of the molecule is CSC1(CO)NC(=O)C(Cc2ccccc2)(SC)NC1=O. The molecule has 1 fully saturated rings. The highest BCUT2D eigenvalue weighted by Crippen LogP contribution is 2.33. The molecule has 2 rings (SSSR count). The van der Waals surface area contributed by atoms with Gasteiger partial charge in [0.15, 0.2) is 9.74 Å². The second-order valence-electron chi connectivity index (χ2n) is 4.79. The number of amides is 2. The van der Waals surface area contributed by atoms with E-state index in [1.165, 1.54) is 11.8 Å². The maximum absolute atomic E-state index is 12.6. The molecule has 1 heterocycles. The summed E-state index contributed by atoms with van der Waals surface area (Å²) in [6, 6.07) is 9.52. The molecule has 1 aromatic rings. The van der Waals surface area contributed by atoms with Gasteiger partial charge in [-0.15, -0.1) is 23.5 Å². The van der Waals surface area contributed by atoms with Crippen molar-refractivity contribution in [3.63, 3.8) is 0 Å². The highest BCUT2D eigenvalue weighted by atomic mass is 32.2. The van der Waals surface area contributed by atoms with E-state index in [0.29, 0.717) is 6.42 Å². The predicted octanol–water partition coefficient (Wildman–Crippen LogP) is 0.586. The first-order chi connectivity index (χ1) is 10.0. The number of nitrogens with one attached hydrogen (secondary N) is 2. The number of carbonyl (C=O) groups excluding carboxylic acids is 2. The largest absolute Gasteiger partial charge is 0.392 e. The molecule has 114 valence electrons. The van der Waals surface area contributed by atoms with Crippen LogP contribution in [0.3, 0.4) is 0 Å². The molecule has 21 heavy (non-hydrogen) atoms. The molecule has 0 spiro atoms. The molecule has 1 saturated heterocycles. The number of hydrogen-bond donors (Lipinski definition) is 3. The van der Waals surface area contributed by atoms with Gasteiger partial charge in [-0.1, -0.05) is 30.3 Å². The zero-order chi connectivity index (χ0) is 15.5. The zero-order valence-electron chi connectivity index (χ0n) is 11.9. The molecule has 0 saturated carbocycles. The highest BCUT2D eigenvalue weighted by molar-refractivity contribution is 8.01. The van der Waals surface area contributed by atoms with Crippen LogP contribution in [0.4, 0.5) is 0 Å². The predicted molar refractivity (Wildman–Crippen MR) is 86.0 cm³/mol. The van der Waals surface area contributed by atoms with Crippen LogP contribution in [0.2, 0.25) is 0 Å². The second kappa shape index (κ2) is 6.29. The molecule has 1 aliphatic heterocycles. The molecule has 2 atom stereocenters. The van der Waals surface area contributed by atoms with Gasteiger partial charge in [0.05, 0.1) is 6.61 Å². The number of aliphatic hydroxyl groups excluding tert-OH is 1. The van der Waals surface area contributed by atoms with Gasteiger partial charge in [-0.05, 0) is 18.1 Å². The molecule has 1 aliphatic rings. The van der Waals surface area contributed by atoms with E-state index in [1.54, 1.807) is 12.5 Å². The summed E-state index contributed by atoms with van der Waals surface area (Å²) in [5, 5.41) is 14.9. The summed E-state index contributed by atoms with van der Waals surface area (Å²) in [5.74, 6) is -0.663. The van der Waals surface area contributed by atoms with Crippen LogP contribution in [0.25, 0.3) is 0 Å². The first-order valence-corrected chi connectivity index (χ1v) is 8.87. The monoisotopic (exact) mass is 326 g/mol. The summed E-state index contributed by atoms with van der Waals surface area (Å²) in [4.78, 5) is 22.6. The summed E-state index contributed by atoms with van der Waals surface area (Å²) in [5.41, 5.74) is 0.961. The Morgan fingerprint density at radius 3 is 2.05 bits per heavy atom. The Labute approximate surface area is 132 Å². The van der Waals surface area contributed by atoms with Crippen molar-refractivity contribution in [2.45, 2.75) is 16.2 Å². The van der Waals surface area contributed by atoms with Crippen LogP contribution >= 0.6 is 23.5 Å². The van der Waals surface area contributed by atoms with Gasteiger partial charge in [0.1, 0.15) is 0 Å². The van der Waals surface area contributed by atoms with Gasteiger partial charge in [-0.25, -0.2) is 0 Å². The number of piperazine rings is 1. The maximum atomic E-state index is 12.6. The highest BCUT2D eigenvalue weighted by Gasteiger charge is 2.53. The van der Waals surface area contributed by atoms with Crippen LogP contribution in [-0.2, 0) is 16.0 Å². The van der Waals surface area contributed by atoms with Crippen molar-refractivity contribution in [2.75, 3.05) is 19.1 Å². The normalized spacial score (nSPS) is 28.9. The van der Waals surface area contributed by atoms with E-state index in [-0.39, 0.29) is 11.8 Å². The molecule has 0 aliphatic carbocycles. The van der Waals surface area contributed by atoms with Gasteiger partial charge >= 0.3 is 0 Å². The summed E-state index contributed by atoms with van der Waals surface area (Å²) >= 11 is 2.41. The van der Waals surface area contributed by atoms with Crippen molar-refractivity contribution in [2.24, 2.45) is 0 Å². The number of thioether (sulfide) groups is 2. The minimum absolute atomic E-state index is 0.290. The molecular weight excluding hydrogens is 308 g/mol. The van der Waals surface area contributed by atoms with Crippen LogP contribution in [0.5, 0.6) is 0 Å². The molecule has 0 bridgehead atoms. The van der Waals surface area contributed by atoms with Crippen molar-refractivity contribution >= 4 is 35.3 Å². The lowest BCUT2D eigenvalue weighted by Gasteiger charge is -2.43. The molecule has 0 radical (unpaired) electrons. The van der Waals surface area contributed by atoms with Crippen LogP contribution in [0, 0.1) is 0 Å². The van der Waals surface area contributed by atoms with Crippen LogP contribution in [0.1, 0.15) is 5.56 Å². The van der Waals surface area contributed by atoms with E-state index in [4.69, 9.17) is 0 Å². The fourth-order valence-electron chi connectivity index (χ4n) is 2.23. The first-order valence-electron chi connectivity index (χ1n) is 6.42. The molecule has 0 aromatic heterocycles. The van der Waals surface area contributed by atoms with E-state index >= 15 is 0 Å². The Hall–Kier alpha value is -1.18. The third-order valence-corrected chi connectivity index (χ3v) is 5.82. The van der Waals surface area contributed by atoms with Crippen molar-refractivity contribution < 1.29 is 14.7 Å². The van der Waals surface area contributed by atoms with Gasteiger partial charge in [0.2, 0.25) is 0 Å².